The van der Waals surface area contributed by atoms with Gasteiger partial charge in [0.1, 0.15) is 0 Å². The molecular formula is C17H29N5O. The van der Waals surface area contributed by atoms with Gasteiger partial charge in [-0.1, -0.05) is 0 Å². The summed E-state index contributed by atoms with van der Waals surface area (Å²) in [6.07, 6.45) is 3.33. The van der Waals surface area contributed by atoms with Crippen LogP contribution in [-0.2, 0) is 18.3 Å². The molecule has 1 aromatic heterocycles. The van der Waals surface area contributed by atoms with Gasteiger partial charge < -0.3 is 19.5 Å². The molecular weight excluding hydrogens is 290 g/mol. The van der Waals surface area contributed by atoms with E-state index < -0.39 is 0 Å². The molecule has 0 spiro atoms. The van der Waals surface area contributed by atoms with Crippen LogP contribution in [0, 0.1) is 5.92 Å². The highest BCUT2D eigenvalue weighted by molar-refractivity contribution is 5.80. The van der Waals surface area contributed by atoms with E-state index in [0.717, 1.165) is 57.8 Å². The molecule has 6 heteroatoms. The van der Waals surface area contributed by atoms with Crippen LogP contribution in [0.3, 0.4) is 0 Å². The van der Waals surface area contributed by atoms with Crippen molar-refractivity contribution < 1.29 is 4.74 Å². The molecule has 128 valence electrons. The molecule has 1 unspecified atom stereocenters. The Bertz CT molecular complexity index is 521. The fourth-order valence-corrected chi connectivity index (χ4v) is 3.50. The zero-order valence-electron chi connectivity index (χ0n) is 14.4. The first kappa shape index (κ1) is 16.3. The number of nitrogens with one attached hydrogen (secondary N) is 1. The number of nitrogens with zero attached hydrogens (tertiary/aromatic N) is 4. The van der Waals surface area contributed by atoms with Gasteiger partial charge >= 0.3 is 0 Å². The molecule has 1 N–H and O–H groups in total. The summed E-state index contributed by atoms with van der Waals surface area (Å²) in [6.45, 7) is 8.14. The van der Waals surface area contributed by atoms with Crippen molar-refractivity contribution >= 4 is 5.96 Å². The molecule has 1 aromatic rings. The minimum Gasteiger partial charge on any atom is -0.379 e. The summed E-state index contributed by atoms with van der Waals surface area (Å²) in [6, 6.07) is 4.22. The third kappa shape index (κ3) is 4.26. The number of ether oxygens (including phenoxy) is 1. The number of likely N-dealkylation sites (tertiary alicyclic amines) is 1. The highest BCUT2D eigenvalue weighted by Gasteiger charge is 2.27. The zero-order valence-corrected chi connectivity index (χ0v) is 14.4. The Kier molecular flexibility index (Phi) is 5.56. The van der Waals surface area contributed by atoms with Gasteiger partial charge in [-0.2, -0.15) is 0 Å². The summed E-state index contributed by atoms with van der Waals surface area (Å²) < 4.78 is 7.58. The second-order valence-electron chi connectivity index (χ2n) is 6.52. The SMILES string of the molecule is CN=C(NCc1cccn1C)N1CCC(CN2CCOCC2)C1. The molecule has 0 aromatic carbocycles. The lowest BCUT2D eigenvalue weighted by Gasteiger charge is -2.29. The van der Waals surface area contributed by atoms with Crippen LogP contribution >= 0.6 is 0 Å². The molecule has 2 fully saturated rings. The summed E-state index contributed by atoms with van der Waals surface area (Å²) in [5.74, 6) is 1.76. The van der Waals surface area contributed by atoms with Crippen LogP contribution in [0.2, 0.25) is 0 Å². The summed E-state index contributed by atoms with van der Waals surface area (Å²) in [7, 11) is 3.95. The number of aryl methyl sites for hydroxylation is 1. The molecule has 3 heterocycles. The van der Waals surface area contributed by atoms with Gasteiger partial charge in [0.2, 0.25) is 0 Å². The Morgan fingerprint density at radius 3 is 2.87 bits per heavy atom. The molecule has 6 nitrogen and oxygen atoms in total. The third-order valence-electron chi connectivity index (χ3n) is 4.90. The molecule has 0 radical (unpaired) electrons. The fraction of sp³-hybridized carbons (Fsp3) is 0.706. The lowest BCUT2D eigenvalue weighted by Crippen LogP contribution is -2.42. The monoisotopic (exact) mass is 319 g/mol. The normalized spacial score (nSPS) is 23.5. The van der Waals surface area contributed by atoms with E-state index in [1.807, 2.05) is 7.05 Å². The van der Waals surface area contributed by atoms with Crippen LogP contribution in [0.5, 0.6) is 0 Å². The van der Waals surface area contributed by atoms with Crippen LogP contribution in [0.15, 0.2) is 23.3 Å². The predicted molar refractivity (Wildman–Crippen MR) is 92.6 cm³/mol. The number of aliphatic imine (C=N–C) groups is 1. The Labute approximate surface area is 139 Å². The maximum atomic E-state index is 5.43. The summed E-state index contributed by atoms with van der Waals surface area (Å²) in [4.78, 5) is 9.41. The van der Waals surface area contributed by atoms with Crippen molar-refractivity contribution in [3.8, 4) is 0 Å². The largest absolute Gasteiger partial charge is 0.379 e. The van der Waals surface area contributed by atoms with Crippen LogP contribution in [0.1, 0.15) is 12.1 Å². The molecule has 2 saturated heterocycles. The second kappa shape index (κ2) is 7.84. The van der Waals surface area contributed by atoms with Crippen LogP contribution < -0.4 is 5.32 Å². The van der Waals surface area contributed by atoms with Crippen molar-refractivity contribution in [2.75, 3.05) is 53.0 Å². The fourth-order valence-electron chi connectivity index (χ4n) is 3.50. The Morgan fingerprint density at radius 1 is 1.35 bits per heavy atom. The van der Waals surface area contributed by atoms with Crippen molar-refractivity contribution in [1.29, 1.82) is 0 Å². The van der Waals surface area contributed by atoms with Gasteiger partial charge in [-0.15, -0.1) is 0 Å². The van der Waals surface area contributed by atoms with Crippen LogP contribution in [-0.4, -0.2) is 73.3 Å². The lowest BCUT2D eigenvalue weighted by atomic mass is 10.1. The summed E-state index contributed by atoms with van der Waals surface area (Å²) in [5, 5.41) is 3.50. The Balaban J connectivity index is 1.47. The first-order chi connectivity index (χ1) is 11.3. The number of guanidine groups is 1. The first-order valence-corrected chi connectivity index (χ1v) is 8.62. The first-order valence-electron chi connectivity index (χ1n) is 8.62. The molecule has 0 amide bonds. The highest BCUT2D eigenvalue weighted by atomic mass is 16.5. The molecule has 3 rings (SSSR count). The number of rotatable bonds is 4. The smallest absolute Gasteiger partial charge is 0.193 e. The van der Waals surface area contributed by atoms with E-state index in [-0.39, 0.29) is 0 Å². The van der Waals surface area contributed by atoms with Gasteiger partial charge in [0, 0.05) is 58.7 Å². The minimum absolute atomic E-state index is 0.738. The van der Waals surface area contributed by atoms with Gasteiger partial charge in [-0.25, -0.2) is 0 Å². The van der Waals surface area contributed by atoms with Crippen molar-refractivity contribution in [2.24, 2.45) is 18.0 Å². The summed E-state index contributed by atoms with van der Waals surface area (Å²) >= 11 is 0. The maximum Gasteiger partial charge on any atom is 0.193 e. The lowest BCUT2D eigenvalue weighted by molar-refractivity contribution is 0.0315. The molecule has 2 aliphatic heterocycles. The molecule has 0 saturated carbocycles. The van der Waals surface area contributed by atoms with Gasteiger partial charge in [-0.05, 0) is 24.5 Å². The topological polar surface area (TPSA) is 45.0 Å². The van der Waals surface area contributed by atoms with E-state index in [1.165, 1.54) is 18.7 Å². The number of morpholine rings is 1. The molecule has 1 atom stereocenters. The maximum absolute atomic E-state index is 5.43. The highest BCUT2D eigenvalue weighted by Crippen LogP contribution is 2.18. The van der Waals surface area contributed by atoms with E-state index in [1.54, 1.807) is 0 Å². The van der Waals surface area contributed by atoms with Crippen molar-refractivity contribution in [1.82, 2.24) is 19.7 Å². The molecule has 0 aliphatic carbocycles. The van der Waals surface area contributed by atoms with Gasteiger partial charge in [0.25, 0.3) is 0 Å². The van der Waals surface area contributed by atoms with E-state index in [2.05, 4.69) is 50.1 Å². The van der Waals surface area contributed by atoms with E-state index in [0.29, 0.717) is 0 Å². The standard InChI is InChI=1S/C17H29N5O/c1-18-17(19-12-16-4-3-6-20(16)2)22-7-5-15(14-22)13-21-8-10-23-11-9-21/h3-4,6,15H,5,7-14H2,1-2H3,(H,18,19). The van der Waals surface area contributed by atoms with E-state index in [4.69, 9.17) is 4.74 Å². The predicted octanol–water partition coefficient (Wildman–Crippen LogP) is 0.755. The van der Waals surface area contributed by atoms with E-state index in [9.17, 15) is 0 Å². The second-order valence-corrected chi connectivity index (χ2v) is 6.52. The molecule has 2 aliphatic rings. The molecule has 23 heavy (non-hydrogen) atoms. The third-order valence-corrected chi connectivity index (χ3v) is 4.90. The average molecular weight is 319 g/mol. The Morgan fingerprint density at radius 2 is 2.17 bits per heavy atom. The van der Waals surface area contributed by atoms with Crippen molar-refractivity contribution in [3.05, 3.63) is 24.0 Å². The number of aromatic nitrogens is 1. The number of hydrogen-bond acceptors (Lipinski definition) is 3. The van der Waals surface area contributed by atoms with Gasteiger partial charge in [0.05, 0.1) is 19.8 Å². The van der Waals surface area contributed by atoms with Gasteiger partial charge in [0.15, 0.2) is 5.96 Å². The number of hydrogen-bond donors (Lipinski definition) is 1. The van der Waals surface area contributed by atoms with Crippen LogP contribution in [0.25, 0.3) is 0 Å². The van der Waals surface area contributed by atoms with E-state index >= 15 is 0 Å². The van der Waals surface area contributed by atoms with Crippen molar-refractivity contribution in [3.63, 3.8) is 0 Å². The Hall–Kier alpha value is -1.53. The van der Waals surface area contributed by atoms with Crippen LogP contribution in [0.4, 0.5) is 0 Å². The average Bonchev–Trinajstić information content (AvgIpc) is 3.19. The quantitative estimate of drug-likeness (QED) is 0.657. The zero-order chi connectivity index (χ0) is 16.1. The van der Waals surface area contributed by atoms with Crippen molar-refractivity contribution in [2.45, 2.75) is 13.0 Å². The van der Waals surface area contributed by atoms with Gasteiger partial charge in [-0.3, -0.25) is 9.89 Å². The molecule has 0 bridgehead atoms. The minimum atomic E-state index is 0.738. The summed E-state index contributed by atoms with van der Waals surface area (Å²) in [5.41, 5.74) is 1.27.